The highest BCUT2D eigenvalue weighted by Crippen LogP contribution is 2.25. The number of carbonyl (C=O) groups is 2. The van der Waals surface area contributed by atoms with Crippen molar-refractivity contribution in [2.75, 3.05) is 24.8 Å². The van der Waals surface area contributed by atoms with Gasteiger partial charge in [-0.2, -0.15) is 0 Å². The maximum Gasteiger partial charge on any atom is 0.339 e. The van der Waals surface area contributed by atoms with E-state index in [1.807, 2.05) is 31.2 Å². The van der Waals surface area contributed by atoms with E-state index in [0.717, 1.165) is 23.1 Å². The minimum Gasteiger partial charge on any atom is -0.494 e. The van der Waals surface area contributed by atoms with Crippen molar-refractivity contribution < 1.29 is 23.5 Å². The molecule has 0 radical (unpaired) electrons. The van der Waals surface area contributed by atoms with E-state index >= 15 is 0 Å². The number of methoxy groups -OCH3 is 1. The summed E-state index contributed by atoms with van der Waals surface area (Å²) in [7, 11) is 1.26. The van der Waals surface area contributed by atoms with Crippen LogP contribution >= 0.6 is 23.4 Å². The minimum absolute atomic E-state index is 0.0428. The van der Waals surface area contributed by atoms with Crippen LogP contribution in [0.4, 0.5) is 5.69 Å². The monoisotopic (exact) mass is 447 g/mol. The lowest BCUT2D eigenvalue weighted by molar-refractivity contribution is -0.113. The van der Waals surface area contributed by atoms with E-state index in [1.54, 1.807) is 6.07 Å². The average Bonchev–Trinajstić information content (AvgIpc) is 3.23. The van der Waals surface area contributed by atoms with Crippen LogP contribution in [0.2, 0.25) is 5.02 Å². The molecular weight excluding hydrogens is 430 g/mol. The second-order valence-corrected chi connectivity index (χ2v) is 7.19. The predicted octanol–water partition coefficient (Wildman–Crippen LogP) is 4.31. The van der Waals surface area contributed by atoms with Crippen LogP contribution in [-0.4, -0.2) is 41.5 Å². The molecular formula is C20H18ClN3O5S. The maximum atomic E-state index is 12.2. The van der Waals surface area contributed by atoms with Gasteiger partial charge in [-0.3, -0.25) is 4.79 Å². The van der Waals surface area contributed by atoms with E-state index in [1.165, 1.54) is 19.2 Å². The van der Waals surface area contributed by atoms with Gasteiger partial charge in [0.15, 0.2) is 0 Å². The standard InChI is InChI=1S/C20H18ClN3O5S/c1-3-28-14-7-4-12(5-8-14)18-23-24-20(29-18)30-11-17(25)22-13-6-9-16(21)15(10-13)19(26)27-2/h4-10H,3,11H2,1-2H3,(H,22,25). The second-order valence-electron chi connectivity index (χ2n) is 5.85. The first-order valence-electron chi connectivity index (χ1n) is 8.87. The zero-order valence-corrected chi connectivity index (χ0v) is 17.7. The van der Waals surface area contributed by atoms with E-state index in [9.17, 15) is 9.59 Å². The fourth-order valence-corrected chi connectivity index (χ4v) is 3.20. The number of benzene rings is 2. The van der Waals surface area contributed by atoms with Crippen molar-refractivity contribution in [3.8, 4) is 17.2 Å². The molecule has 0 aliphatic carbocycles. The molecule has 2 aromatic carbocycles. The number of anilines is 1. The summed E-state index contributed by atoms with van der Waals surface area (Å²) in [4.78, 5) is 23.9. The van der Waals surface area contributed by atoms with Crippen LogP contribution in [0.3, 0.4) is 0 Å². The number of nitrogens with one attached hydrogen (secondary N) is 1. The van der Waals surface area contributed by atoms with Crippen LogP contribution in [0.5, 0.6) is 5.75 Å². The Morgan fingerprint density at radius 1 is 1.17 bits per heavy atom. The van der Waals surface area contributed by atoms with Gasteiger partial charge in [-0.1, -0.05) is 23.4 Å². The second kappa shape index (κ2) is 10.1. The molecule has 0 atom stereocenters. The number of halogens is 1. The lowest BCUT2D eigenvalue weighted by atomic mass is 10.2. The normalized spacial score (nSPS) is 10.5. The summed E-state index contributed by atoms with van der Waals surface area (Å²) in [6.45, 7) is 2.50. The largest absolute Gasteiger partial charge is 0.494 e. The van der Waals surface area contributed by atoms with Crippen LogP contribution in [0.25, 0.3) is 11.5 Å². The lowest BCUT2D eigenvalue weighted by Crippen LogP contribution is -2.14. The van der Waals surface area contributed by atoms with Crippen LogP contribution in [0, 0.1) is 0 Å². The Labute approximate surface area is 181 Å². The lowest BCUT2D eigenvalue weighted by Gasteiger charge is -2.07. The van der Waals surface area contributed by atoms with Crippen LogP contribution < -0.4 is 10.1 Å². The fraction of sp³-hybridized carbons (Fsp3) is 0.200. The SMILES string of the molecule is CCOc1ccc(-c2nnc(SCC(=O)Nc3ccc(Cl)c(C(=O)OC)c3)o2)cc1. The molecule has 156 valence electrons. The molecule has 0 aliphatic heterocycles. The molecule has 0 saturated heterocycles. The summed E-state index contributed by atoms with van der Waals surface area (Å²) in [5.74, 6) is 0.254. The number of carbonyl (C=O) groups excluding carboxylic acids is 2. The highest BCUT2D eigenvalue weighted by Gasteiger charge is 2.14. The number of esters is 1. The van der Waals surface area contributed by atoms with Crippen molar-refractivity contribution in [1.29, 1.82) is 0 Å². The topological polar surface area (TPSA) is 104 Å². The molecule has 1 aromatic heterocycles. The summed E-state index contributed by atoms with van der Waals surface area (Å²) in [5.41, 5.74) is 1.34. The molecule has 0 saturated carbocycles. The van der Waals surface area contributed by atoms with Gasteiger partial charge < -0.3 is 19.2 Å². The van der Waals surface area contributed by atoms with Gasteiger partial charge in [0, 0.05) is 11.3 Å². The average molecular weight is 448 g/mol. The first-order valence-corrected chi connectivity index (χ1v) is 10.2. The summed E-state index contributed by atoms with van der Waals surface area (Å²) in [6, 6.07) is 11.8. The Bertz CT molecular complexity index is 1040. The molecule has 0 fully saturated rings. The highest BCUT2D eigenvalue weighted by atomic mass is 35.5. The molecule has 0 spiro atoms. The van der Waals surface area contributed by atoms with E-state index in [2.05, 4.69) is 20.3 Å². The van der Waals surface area contributed by atoms with Gasteiger partial charge in [0.2, 0.25) is 11.8 Å². The van der Waals surface area contributed by atoms with Gasteiger partial charge in [-0.25, -0.2) is 4.79 Å². The number of thioether (sulfide) groups is 1. The van der Waals surface area contributed by atoms with Crippen molar-refractivity contribution in [2.45, 2.75) is 12.1 Å². The molecule has 0 bridgehead atoms. The van der Waals surface area contributed by atoms with Crippen molar-refractivity contribution >= 4 is 40.9 Å². The molecule has 8 nitrogen and oxygen atoms in total. The number of aromatic nitrogens is 2. The van der Waals surface area contributed by atoms with Gasteiger partial charge in [-0.15, -0.1) is 10.2 Å². The first-order chi connectivity index (χ1) is 14.5. The number of ether oxygens (including phenoxy) is 2. The smallest absolute Gasteiger partial charge is 0.339 e. The summed E-state index contributed by atoms with van der Waals surface area (Å²) in [5, 5.41) is 11.1. The Balaban J connectivity index is 1.57. The first kappa shape index (κ1) is 21.7. The van der Waals surface area contributed by atoms with Crippen molar-refractivity contribution in [3.63, 3.8) is 0 Å². The molecule has 30 heavy (non-hydrogen) atoms. The molecule has 0 aliphatic rings. The number of hydrogen-bond acceptors (Lipinski definition) is 8. The Morgan fingerprint density at radius 3 is 2.63 bits per heavy atom. The van der Waals surface area contributed by atoms with Crippen LogP contribution in [-0.2, 0) is 9.53 Å². The zero-order chi connectivity index (χ0) is 21.5. The zero-order valence-electron chi connectivity index (χ0n) is 16.2. The highest BCUT2D eigenvalue weighted by molar-refractivity contribution is 7.99. The Kier molecular flexibility index (Phi) is 7.31. The Hall–Kier alpha value is -3.04. The Morgan fingerprint density at radius 2 is 1.93 bits per heavy atom. The minimum atomic E-state index is -0.585. The molecule has 10 heteroatoms. The van der Waals surface area contributed by atoms with E-state index in [4.69, 9.17) is 20.8 Å². The van der Waals surface area contributed by atoms with Crippen molar-refractivity contribution in [1.82, 2.24) is 10.2 Å². The van der Waals surface area contributed by atoms with E-state index in [-0.39, 0.29) is 27.5 Å². The predicted molar refractivity (Wildman–Crippen MR) is 113 cm³/mol. The third-order valence-corrected chi connectivity index (χ3v) is 4.95. The molecule has 1 amide bonds. The molecule has 0 unspecified atom stereocenters. The van der Waals surface area contributed by atoms with Gasteiger partial charge in [-0.05, 0) is 49.4 Å². The third kappa shape index (κ3) is 5.52. The third-order valence-electron chi connectivity index (χ3n) is 3.80. The van der Waals surface area contributed by atoms with Gasteiger partial charge in [0.05, 0.1) is 30.1 Å². The van der Waals surface area contributed by atoms with Crippen LogP contribution in [0.1, 0.15) is 17.3 Å². The van der Waals surface area contributed by atoms with E-state index < -0.39 is 5.97 Å². The molecule has 1 heterocycles. The van der Waals surface area contributed by atoms with E-state index in [0.29, 0.717) is 18.2 Å². The summed E-state index contributed by atoms with van der Waals surface area (Å²) in [6.07, 6.45) is 0. The van der Waals surface area contributed by atoms with Gasteiger partial charge in [0.1, 0.15) is 5.75 Å². The quantitative estimate of drug-likeness (QED) is 0.402. The van der Waals surface area contributed by atoms with Crippen molar-refractivity contribution in [3.05, 3.63) is 53.1 Å². The molecule has 1 N–H and O–H groups in total. The summed E-state index contributed by atoms with van der Waals surface area (Å²) < 4.78 is 15.7. The van der Waals surface area contributed by atoms with Gasteiger partial charge in [0.25, 0.3) is 5.22 Å². The van der Waals surface area contributed by atoms with Gasteiger partial charge >= 0.3 is 5.97 Å². The van der Waals surface area contributed by atoms with Crippen LogP contribution in [0.15, 0.2) is 52.1 Å². The number of hydrogen-bond donors (Lipinski definition) is 1. The molecule has 3 aromatic rings. The number of rotatable bonds is 8. The molecule has 3 rings (SSSR count). The number of nitrogens with zero attached hydrogens (tertiary/aromatic N) is 2. The maximum absolute atomic E-state index is 12.2. The van der Waals surface area contributed by atoms with Crippen molar-refractivity contribution in [2.24, 2.45) is 0 Å². The number of amides is 1. The summed E-state index contributed by atoms with van der Waals surface area (Å²) >= 11 is 7.07. The fourth-order valence-electron chi connectivity index (χ4n) is 2.44.